The topological polar surface area (TPSA) is 114 Å². The van der Waals surface area contributed by atoms with Gasteiger partial charge in [0.15, 0.2) is 0 Å². The molecule has 0 aliphatic heterocycles. The van der Waals surface area contributed by atoms with Crippen LogP contribution < -0.4 is 10.6 Å². The number of hydrogen-bond donors (Lipinski definition) is 2. The van der Waals surface area contributed by atoms with Crippen molar-refractivity contribution in [3.63, 3.8) is 0 Å². The Morgan fingerprint density at radius 3 is 2.21 bits per heavy atom. The lowest BCUT2D eigenvalue weighted by atomic mass is 9.96. The summed E-state index contributed by atoms with van der Waals surface area (Å²) in [5.74, 6) is 0.548. The van der Waals surface area contributed by atoms with Crippen LogP contribution in [0, 0.1) is 18.3 Å². The van der Waals surface area contributed by atoms with Crippen molar-refractivity contribution in [3.8, 4) is 12.3 Å². The molecule has 34 heavy (non-hydrogen) atoms. The molecule has 2 N–H and O–H groups in total. The molecule has 186 valence electrons. The minimum atomic E-state index is -1.09. The van der Waals surface area contributed by atoms with Crippen LogP contribution in [0.1, 0.15) is 58.2 Å². The number of rotatable bonds is 9. The van der Waals surface area contributed by atoms with Crippen molar-refractivity contribution in [3.05, 3.63) is 35.4 Å². The Hall–Kier alpha value is -3.54. The monoisotopic (exact) mass is 473 g/mol. The lowest BCUT2D eigenvalue weighted by molar-refractivity contribution is -0.144. The van der Waals surface area contributed by atoms with Gasteiger partial charge in [0.1, 0.15) is 24.2 Å². The number of alkyl carbamates (subject to hydrolysis) is 1. The lowest BCUT2D eigenvalue weighted by Gasteiger charge is -2.33. The van der Waals surface area contributed by atoms with Crippen LogP contribution in [-0.4, -0.2) is 61.1 Å². The summed E-state index contributed by atoms with van der Waals surface area (Å²) in [6, 6.07) is 4.56. The molecule has 0 fully saturated rings. The number of amides is 3. The quantitative estimate of drug-likeness (QED) is 0.421. The number of esters is 1. The average molecular weight is 474 g/mol. The second-order valence-corrected chi connectivity index (χ2v) is 8.92. The molecular formula is C25H35N3O6. The zero-order valence-electron chi connectivity index (χ0n) is 20.9. The van der Waals surface area contributed by atoms with Gasteiger partial charge in [0, 0.05) is 12.6 Å². The number of nitrogens with zero attached hydrogens (tertiary/aromatic N) is 1. The highest BCUT2D eigenvalue weighted by atomic mass is 16.6. The van der Waals surface area contributed by atoms with E-state index in [4.69, 9.17) is 11.2 Å². The first-order valence-electron chi connectivity index (χ1n) is 11.0. The van der Waals surface area contributed by atoms with Crippen LogP contribution in [0.4, 0.5) is 4.79 Å². The molecule has 0 aliphatic carbocycles. The molecule has 1 rings (SSSR count). The normalized spacial score (nSPS) is 13.5. The Labute approximate surface area is 201 Å². The molecule has 0 spiro atoms. The summed E-state index contributed by atoms with van der Waals surface area (Å²) in [6.45, 7) is 8.52. The first kappa shape index (κ1) is 28.5. The number of methoxy groups -OCH3 is 1. The van der Waals surface area contributed by atoms with Gasteiger partial charge in [-0.3, -0.25) is 14.4 Å². The fraction of sp³-hybridized carbons (Fsp3) is 0.520. The van der Waals surface area contributed by atoms with Gasteiger partial charge < -0.3 is 25.0 Å². The molecule has 0 saturated heterocycles. The van der Waals surface area contributed by atoms with E-state index in [9.17, 15) is 19.2 Å². The Kier molecular flexibility index (Phi) is 10.6. The van der Waals surface area contributed by atoms with Crippen LogP contribution in [0.15, 0.2) is 24.3 Å². The fourth-order valence-corrected chi connectivity index (χ4v) is 3.10. The minimum absolute atomic E-state index is 0.245. The van der Waals surface area contributed by atoms with Crippen LogP contribution in [0.5, 0.6) is 0 Å². The van der Waals surface area contributed by atoms with Crippen LogP contribution in [0.3, 0.4) is 0 Å². The SMILES string of the molecule is C#Cc1ccc(C(C(=O)NCC(=O)OC)N(C)C(=O)C(NC(=O)OC(C)(C)C)C(C)CC)cc1. The van der Waals surface area contributed by atoms with Crippen molar-refractivity contribution in [1.29, 1.82) is 0 Å². The summed E-state index contributed by atoms with van der Waals surface area (Å²) in [4.78, 5) is 51.8. The number of likely N-dealkylation sites (N-methyl/N-ethyl adjacent to an activating group) is 1. The van der Waals surface area contributed by atoms with Crippen molar-refractivity contribution >= 4 is 23.9 Å². The first-order valence-corrected chi connectivity index (χ1v) is 11.0. The van der Waals surface area contributed by atoms with Crippen molar-refractivity contribution in [2.45, 2.75) is 58.7 Å². The number of benzene rings is 1. The molecule has 0 heterocycles. The van der Waals surface area contributed by atoms with Gasteiger partial charge in [-0.05, 0) is 44.4 Å². The van der Waals surface area contributed by atoms with Crippen LogP contribution in [-0.2, 0) is 23.9 Å². The number of ether oxygens (including phenoxy) is 2. The van der Waals surface area contributed by atoms with E-state index in [0.29, 0.717) is 17.5 Å². The molecule has 9 heteroatoms. The molecule has 0 aromatic heterocycles. The summed E-state index contributed by atoms with van der Waals surface area (Å²) in [7, 11) is 2.67. The zero-order valence-corrected chi connectivity index (χ0v) is 20.9. The maximum absolute atomic E-state index is 13.5. The third kappa shape index (κ3) is 8.43. The molecule has 1 aromatic carbocycles. The van der Waals surface area contributed by atoms with E-state index in [-0.39, 0.29) is 12.5 Å². The highest BCUT2D eigenvalue weighted by Crippen LogP contribution is 2.23. The van der Waals surface area contributed by atoms with Gasteiger partial charge in [0.05, 0.1) is 7.11 Å². The minimum Gasteiger partial charge on any atom is -0.468 e. The van der Waals surface area contributed by atoms with E-state index in [1.54, 1.807) is 45.0 Å². The molecular weight excluding hydrogens is 438 g/mol. The maximum atomic E-state index is 13.5. The van der Waals surface area contributed by atoms with Crippen molar-refractivity contribution in [2.75, 3.05) is 20.7 Å². The number of carbonyl (C=O) groups excluding carboxylic acids is 4. The standard InChI is InChI=1S/C25H35N3O6/c1-9-16(3)20(27-24(32)34-25(4,5)6)23(31)28(7)21(22(30)26-15-19(29)33-8)18-13-11-17(10-2)12-14-18/h2,11-14,16,20-21H,9,15H2,1,3-8H3,(H,26,30)(H,27,32). The van der Waals surface area contributed by atoms with Crippen molar-refractivity contribution in [2.24, 2.45) is 5.92 Å². The Morgan fingerprint density at radius 1 is 1.15 bits per heavy atom. The lowest BCUT2D eigenvalue weighted by Crippen LogP contribution is -2.54. The summed E-state index contributed by atoms with van der Waals surface area (Å²) in [6.07, 6.45) is 5.28. The summed E-state index contributed by atoms with van der Waals surface area (Å²) in [5.41, 5.74) is 0.349. The molecule has 1 aromatic rings. The second-order valence-electron chi connectivity index (χ2n) is 8.92. The van der Waals surface area contributed by atoms with E-state index < -0.39 is 41.6 Å². The first-order chi connectivity index (χ1) is 15.8. The van der Waals surface area contributed by atoms with E-state index in [1.807, 2.05) is 13.8 Å². The van der Waals surface area contributed by atoms with Crippen molar-refractivity contribution in [1.82, 2.24) is 15.5 Å². The smallest absolute Gasteiger partial charge is 0.408 e. The molecule has 9 nitrogen and oxygen atoms in total. The van der Waals surface area contributed by atoms with Crippen LogP contribution in [0.2, 0.25) is 0 Å². The summed E-state index contributed by atoms with van der Waals surface area (Å²) < 4.78 is 9.89. The maximum Gasteiger partial charge on any atom is 0.408 e. The van der Waals surface area contributed by atoms with Crippen LogP contribution in [0.25, 0.3) is 0 Å². The van der Waals surface area contributed by atoms with Crippen LogP contribution >= 0.6 is 0 Å². The second kappa shape index (κ2) is 12.6. The number of terminal acetylenes is 1. The Bertz CT molecular complexity index is 914. The highest BCUT2D eigenvalue weighted by molar-refractivity contribution is 5.93. The van der Waals surface area contributed by atoms with E-state index in [0.717, 1.165) is 0 Å². The van der Waals surface area contributed by atoms with Crippen molar-refractivity contribution < 1.29 is 28.7 Å². The Morgan fingerprint density at radius 2 is 1.74 bits per heavy atom. The fourth-order valence-electron chi connectivity index (χ4n) is 3.10. The number of hydrogen-bond acceptors (Lipinski definition) is 6. The average Bonchev–Trinajstić information content (AvgIpc) is 2.79. The summed E-state index contributed by atoms with van der Waals surface area (Å²) >= 11 is 0. The zero-order chi connectivity index (χ0) is 26.1. The largest absolute Gasteiger partial charge is 0.468 e. The Balaban J connectivity index is 3.29. The molecule has 3 amide bonds. The molecule has 0 saturated carbocycles. The van der Waals surface area contributed by atoms with Gasteiger partial charge in [0.2, 0.25) is 11.8 Å². The molecule has 3 unspecified atom stereocenters. The third-order valence-electron chi connectivity index (χ3n) is 5.16. The van der Waals surface area contributed by atoms with Gasteiger partial charge in [-0.2, -0.15) is 0 Å². The van der Waals surface area contributed by atoms with Gasteiger partial charge in [-0.1, -0.05) is 38.3 Å². The molecule has 3 atom stereocenters. The van der Waals surface area contributed by atoms with E-state index >= 15 is 0 Å². The highest BCUT2D eigenvalue weighted by Gasteiger charge is 2.36. The van der Waals surface area contributed by atoms with Gasteiger partial charge >= 0.3 is 12.1 Å². The number of nitrogens with one attached hydrogen (secondary N) is 2. The van der Waals surface area contributed by atoms with Gasteiger partial charge in [-0.25, -0.2) is 4.79 Å². The predicted molar refractivity (Wildman–Crippen MR) is 128 cm³/mol. The molecule has 0 radical (unpaired) electrons. The van der Waals surface area contributed by atoms with E-state index in [1.165, 1.54) is 19.1 Å². The third-order valence-corrected chi connectivity index (χ3v) is 5.16. The number of carbonyl (C=O) groups is 4. The molecule has 0 aliphatic rings. The van der Waals surface area contributed by atoms with Gasteiger partial charge in [-0.15, -0.1) is 6.42 Å². The molecule has 0 bridgehead atoms. The van der Waals surface area contributed by atoms with Gasteiger partial charge in [0.25, 0.3) is 0 Å². The predicted octanol–water partition coefficient (Wildman–Crippen LogP) is 2.40. The van der Waals surface area contributed by atoms with E-state index in [2.05, 4.69) is 21.3 Å². The summed E-state index contributed by atoms with van der Waals surface area (Å²) in [5, 5.41) is 5.13.